The fourth-order valence-corrected chi connectivity index (χ4v) is 3.17. The molecule has 3 nitrogen and oxygen atoms in total. The van der Waals surface area contributed by atoms with Crippen LogP contribution < -0.4 is 10.6 Å². The third kappa shape index (κ3) is 3.36. The van der Waals surface area contributed by atoms with Gasteiger partial charge in [-0.2, -0.15) is 0 Å². The minimum atomic E-state index is 0.105. The number of thiophene rings is 1. The van der Waals surface area contributed by atoms with E-state index in [1.165, 1.54) is 11.1 Å². The number of nitrogen functional groups attached to an aromatic ring is 1. The molecule has 0 radical (unpaired) electrons. The fraction of sp³-hybridized carbons (Fsp3) is 0.214. The Morgan fingerprint density at radius 2 is 2.16 bits per heavy atom. The van der Waals surface area contributed by atoms with Crippen LogP contribution >= 0.6 is 27.3 Å². The Kier molecular flexibility index (Phi) is 4.27. The van der Waals surface area contributed by atoms with Gasteiger partial charge in [0.05, 0.1) is 3.79 Å². The van der Waals surface area contributed by atoms with Gasteiger partial charge in [0.25, 0.3) is 0 Å². The summed E-state index contributed by atoms with van der Waals surface area (Å²) in [5, 5.41) is 9.80. The quantitative estimate of drug-likeness (QED) is 0.659. The van der Waals surface area contributed by atoms with E-state index in [1.807, 2.05) is 26.1 Å². The average Bonchev–Trinajstić information content (AvgIpc) is 2.74. The van der Waals surface area contributed by atoms with Gasteiger partial charge in [-0.3, -0.25) is 5.41 Å². The number of nitrogens with one attached hydrogen (secondary N) is 1. The zero-order valence-corrected chi connectivity index (χ0v) is 13.3. The molecule has 2 aromatic rings. The smallest absolute Gasteiger partial charge is 0.124 e. The number of halogens is 1. The van der Waals surface area contributed by atoms with E-state index in [-0.39, 0.29) is 5.84 Å². The lowest BCUT2D eigenvalue weighted by atomic mass is 10.1. The summed E-state index contributed by atoms with van der Waals surface area (Å²) >= 11 is 5.15. The summed E-state index contributed by atoms with van der Waals surface area (Å²) in [6.45, 7) is 2.84. The first-order valence-corrected chi connectivity index (χ1v) is 7.53. The summed E-state index contributed by atoms with van der Waals surface area (Å²) in [6.07, 6.45) is 0. The second kappa shape index (κ2) is 5.75. The Bertz CT molecular complexity index is 606. The van der Waals surface area contributed by atoms with Gasteiger partial charge in [-0.25, -0.2) is 0 Å². The standard InChI is InChI=1S/C14H16BrN3S/c1-9-3-4-11(14(16)17)12(5-9)18(2)7-10-6-13(15)19-8-10/h3-6,8H,7H2,1-2H3,(H3,16,17). The van der Waals surface area contributed by atoms with Gasteiger partial charge in [-0.1, -0.05) is 6.07 Å². The summed E-state index contributed by atoms with van der Waals surface area (Å²) in [7, 11) is 2.02. The molecule has 0 saturated heterocycles. The average molecular weight is 338 g/mol. The minimum absolute atomic E-state index is 0.105. The number of aryl methyl sites for hydroxylation is 1. The molecule has 0 atom stereocenters. The predicted molar refractivity (Wildman–Crippen MR) is 86.3 cm³/mol. The van der Waals surface area contributed by atoms with Crippen LogP contribution in [0.15, 0.2) is 33.4 Å². The highest BCUT2D eigenvalue weighted by molar-refractivity contribution is 9.11. The third-order valence-corrected chi connectivity index (χ3v) is 4.45. The Hall–Kier alpha value is -1.33. The van der Waals surface area contributed by atoms with Crippen molar-refractivity contribution in [1.29, 1.82) is 5.41 Å². The van der Waals surface area contributed by atoms with Gasteiger partial charge < -0.3 is 10.6 Å². The molecule has 0 aliphatic carbocycles. The summed E-state index contributed by atoms with van der Waals surface area (Å²) in [6, 6.07) is 8.07. The molecule has 0 saturated carbocycles. The largest absolute Gasteiger partial charge is 0.384 e. The van der Waals surface area contributed by atoms with Crippen LogP contribution in [0.5, 0.6) is 0 Å². The van der Waals surface area contributed by atoms with E-state index in [0.717, 1.165) is 21.6 Å². The molecule has 0 unspecified atom stereocenters. The van der Waals surface area contributed by atoms with Crippen molar-refractivity contribution < 1.29 is 0 Å². The second-order valence-corrected chi connectivity index (χ2v) is 6.84. The van der Waals surface area contributed by atoms with Crippen LogP contribution in [-0.4, -0.2) is 12.9 Å². The molecule has 1 aromatic heterocycles. The monoisotopic (exact) mass is 337 g/mol. The van der Waals surface area contributed by atoms with Crippen molar-refractivity contribution in [3.8, 4) is 0 Å². The zero-order valence-electron chi connectivity index (χ0n) is 10.9. The maximum Gasteiger partial charge on any atom is 0.124 e. The summed E-state index contributed by atoms with van der Waals surface area (Å²) in [5.41, 5.74) is 9.84. The van der Waals surface area contributed by atoms with E-state index in [1.54, 1.807) is 11.3 Å². The first-order chi connectivity index (χ1) is 8.97. The summed E-state index contributed by atoms with van der Waals surface area (Å²) < 4.78 is 1.13. The highest BCUT2D eigenvalue weighted by Crippen LogP contribution is 2.26. The van der Waals surface area contributed by atoms with Gasteiger partial charge in [0.2, 0.25) is 0 Å². The molecule has 1 aromatic carbocycles. The van der Waals surface area contributed by atoms with Crippen molar-refractivity contribution in [3.63, 3.8) is 0 Å². The number of anilines is 1. The first kappa shape index (κ1) is 14.1. The molecule has 0 fully saturated rings. The number of amidine groups is 1. The van der Waals surface area contributed by atoms with Crippen molar-refractivity contribution in [3.05, 3.63) is 50.1 Å². The molecule has 0 amide bonds. The van der Waals surface area contributed by atoms with Crippen LogP contribution in [0.3, 0.4) is 0 Å². The predicted octanol–water partition coefficient (Wildman–Crippen LogP) is 3.74. The first-order valence-electron chi connectivity index (χ1n) is 5.86. The Morgan fingerprint density at radius 3 is 2.74 bits per heavy atom. The van der Waals surface area contributed by atoms with E-state index >= 15 is 0 Å². The molecule has 0 aliphatic heterocycles. The molecule has 3 N–H and O–H groups in total. The summed E-state index contributed by atoms with van der Waals surface area (Å²) in [4.78, 5) is 2.12. The van der Waals surface area contributed by atoms with Crippen LogP contribution in [0, 0.1) is 12.3 Å². The SMILES string of the molecule is Cc1ccc(C(=N)N)c(N(C)Cc2csc(Br)c2)c1. The highest BCUT2D eigenvalue weighted by atomic mass is 79.9. The van der Waals surface area contributed by atoms with Crippen LogP contribution in [0.4, 0.5) is 5.69 Å². The Balaban J connectivity index is 2.29. The number of benzene rings is 1. The molecule has 0 spiro atoms. The van der Waals surface area contributed by atoms with Gasteiger partial charge in [-0.15, -0.1) is 11.3 Å². The summed E-state index contributed by atoms with van der Waals surface area (Å²) in [5.74, 6) is 0.105. The van der Waals surface area contributed by atoms with Crippen molar-refractivity contribution in [1.82, 2.24) is 0 Å². The minimum Gasteiger partial charge on any atom is -0.384 e. The molecule has 2 rings (SSSR count). The van der Waals surface area contributed by atoms with Gasteiger partial charge in [0.1, 0.15) is 5.84 Å². The van der Waals surface area contributed by atoms with Crippen LogP contribution in [0.25, 0.3) is 0 Å². The zero-order chi connectivity index (χ0) is 14.0. The maximum absolute atomic E-state index is 7.67. The number of hydrogen-bond donors (Lipinski definition) is 2. The maximum atomic E-state index is 7.67. The van der Waals surface area contributed by atoms with Gasteiger partial charge in [0, 0.05) is 24.8 Å². The molecule has 1 heterocycles. The van der Waals surface area contributed by atoms with E-state index in [4.69, 9.17) is 11.1 Å². The number of hydrogen-bond acceptors (Lipinski definition) is 3. The van der Waals surface area contributed by atoms with Gasteiger partial charge in [0.15, 0.2) is 0 Å². The van der Waals surface area contributed by atoms with Crippen LogP contribution in [0.2, 0.25) is 0 Å². The van der Waals surface area contributed by atoms with E-state index in [9.17, 15) is 0 Å². The van der Waals surface area contributed by atoms with Crippen molar-refractivity contribution in [2.75, 3.05) is 11.9 Å². The van der Waals surface area contributed by atoms with Gasteiger partial charge in [-0.05, 0) is 57.6 Å². The molecule has 0 aliphatic rings. The molecule has 100 valence electrons. The molecular formula is C14H16BrN3S. The fourth-order valence-electron chi connectivity index (χ4n) is 1.97. The van der Waals surface area contributed by atoms with Gasteiger partial charge >= 0.3 is 0 Å². The normalized spacial score (nSPS) is 10.5. The number of nitrogens with zero attached hydrogens (tertiary/aromatic N) is 1. The molecule has 0 bridgehead atoms. The highest BCUT2D eigenvalue weighted by Gasteiger charge is 2.11. The van der Waals surface area contributed by atoms with Crippen molar-refractivity contribution in [2.45, 2.75) is 13.5 Å². The van der Waals surface area contributed by atoms with Crippen LogP contribution in [-0.2, 0) is 6.54 Å². The molecular weight excluding hydrogens is 322 g/mol. The van der Waals surface area contributed by atoms with Crippen molar-refractivity contribution in [2.24, 2.45) is 5.73 Å². The van der Waals surface area contributed by atoms with E-state index in [2.05, 4.69) is 38.3 Å². The van der Waals surface area contributed by atoms with E-state index < -0.39 is 0 Å². The lowest BCUT2D eigenvalue weighted by Gasteiger charge is -2.22. The number of rotatable bonds is 4. The Morgan fingerprint density at radius 1 is 1.42 bits per heavy atom. The Labute approximate surface area is 125 Å². The third-order valence-electron chi connectivity index (χ3n) is 2.90. The van der Waals surface area contributed by atoms with Crippen LogP contribution in [0.1, 0.15) is 16.7 Å². The molecule has 19 heavy (non-hydrogen) atoms. The van der Waals surface area contributed by atoms with E-state index in [0.29, 0.717) is 0 Å². The second-order valence-electron chi connectivity index (χ2n) is 4.55. The lowest BCUT2D eigenvalue weighted by molar-refractivity contribution is 0.924. The number of nitrogens with two attached hydrogens (primary N) is 1. The molecule has 5 heteroatoms. The lowest BCUT2D eigenvalue weighted by Crippen LogP contribution is -2.22. The topological polar surface area (TPSA) is 53.1 Å². The van der Waals surface area contributed by atoms with Crippen molar-refractivity contribution >= 4 is 38.8 Å².